The maximum absolute atomic E-state index is 12.8. The van der Waals surface area contributed by atoms with Crippen LogP contribution in [0.25, 0.3) is 0 Å². The van der Waals surface area contributed by atoms with Crippen LogP contribution in [0.5, 0.6) is 0 Å². The Morgan fingerprint density at radius 1 is 1.11 bits per heavy atom. The van der Waals surface area contributed by atoms with E-state index < -0.39 is 7.12 Å². The Bertz CT molecular complexity index is 777. The monoisotopic (exact) mass is 379 g/mol. The first-order chi connectivity index (χ1) is 13.2. The molecule has 0 saturated carbocycles. The lowest BCUT2D eigenvalue weighted by Gasteiger charge is -2.32. The van der Waals surface area contributed by atoms with Crippen molar-refractivity contribution in [1.82, 2.24) is 0 Å². The normalized spacial score (nSPS) is 26.1. The zero-order valence-corrected chi connectivity index (χ0v) is 17.3. The lowest BCUT2D eigenvalue weighted by Crippen LogP contribution is -2.41. The molecule has 1 heterocycles. The van der Waals surface area contributed by atoms with Crippen LogP contribution in [0, 0.1) is 5.92 Å². The maximum Gasteiger partial charge on any atom is 0.494 e. The van der Waals surface area contributed by atoms with Gasteiger partial charge in [0.25, 0.3) is 0 Å². The van der Waals surface area contributed by atoms with Crippen molar-refractivity contribution >= 4 is 24.2 Å². The standard InChI is InChI=1S/C23H30BNO3/c1-17-10-8-6-7-9-11-18(16-17)21(26)25-20-14-12-19(13-15-20)24-27-22(2,3)23(4,5)28-24/h6-8,10,12-15,18H,1,9,11,16H2,2-5H3,(H,25,26)/b7-6-,10-8-. The summed E-state index contributed by atoms with van der Waals surface area (Å²) in [5.41, 5.74) is 1.96. The van der Waals surface area contributed by atoms with Crippen LogP contribution in [0.4, 0.5) is 5.69 Å². The summed E-state index contributed by atoms with van der Waals surface area (Å²) in [5, 5.41) is 3.04. The van der Waals surface area contributed by atoms with Gasteiger partial charge in [-0.15, -0.1) is 0 Å². The van der Waals surface area contributed by atoms with Crippen LogP contribution < -0.4 is 10.8 Å². The van der Waals surface area contributed by atoms with Crippen molar-refractivity contribution in [3.63, 3.8) is 0 Å². The van der Waals surface area contributed by atoms with E-state index in [4.69, 9.17) is 9.31 Å². The summed E-state index contributed by atoms with van der Waals surface area (Å²) in [7, 11) is -0.397. The number of allylic oxidation sites excluding steroid dienone is 5. The van der Waals surface area contributed by atoms with E-state index in [1.807, 2.05) is 70.2 Å². The molecule has 0 aromatic heterocycles. The van der Waals surface area contributed by atoms with Gasteiger partial charge in [0.15, 0.2) is 0 Å². The van der Waals surface area contributed by atoms with Gasteiger partial charge in [-0.3, -0.25) is 4.79 Å². The van der Waals surface area contributed by atoms with Crippen molar-refractivity contribution in [3.05, 3.63) is 60.7 Å². The fourth-order valence-electron chi connectivity index (χ4n) is 3.32. The van der Waals surface area contributed by atoms with E-state index in [1.165, 1.54) is 0 Å². The SMILES string of the molecule is C=C1/C=C\C=C/CCC(C(=O)Nc2ccc(B3OC(C)(C)C(C)(C)O3)cc2)C1. The first-order valence-electron chi connectivity index (χ1n) is 9.95. The van der Waals surface area contributed by atoms with Crippen LogP contribution in [-0.4, -0.2) is 24.2 Å². The van der Waals surface area contributed by atoms with Crippen molar-refractivity contribution in [2.24, 2.45) is 5.92 Å². The average Bonchev–Trinajstić information content (AvgIpc) is 2.90. The molecular weight excluding hydrogens is 349 g/mol. The molecule has 1 amide bonds. The fraction of sp³-hybridized carbons (Fsp3) is 0.435. The van der Waals surface area contributed by atoms with E-state index in [0.717, 1.165) is 29.6 Å². The molecular formula is C23H30BNO3. The molecule has 1 atom stereocenters. The molecule has 0 spiro atoms. The average molecular weight is 379 g/mol. The molecule has 5 heteroatoms. The summed E-state index contributed by atoms with van der Waals surface area (Å²) in [6, 6.07) is 7.71. The number of hydrogen-bond donors (Lipinski definition) is 1. The predicted molar refractivity (Wildman–Crippen MR) is 116 cm³/mol. The third-order valence-corrected chi connectivity index (χ3v) is 5.84. The van der Waals surface area contributed by atoms with Crippen molar-refractivity contribution < 1.29 is 14.1 Å². The van der Waals surface area contributed by atoms with Crippen molar-refractivity contribution in [2.45, 2.75) is 58.2 Å². The lowest BCUT2D eigenvalue weighted by atomic mass is 9.79. The molecule has 2 aliphatic rings. The molecule has 1 fully saturated rings. The predicted octanol–water partition coefficient (Wildman–Crippen LogP) is 4.39. The molecule has 1 aliphatic carbocycles. The fourth-order valence-corrected chi connectivity index (χ4v) is 3.32. The number of carbonyl (C=O) groups excluding carboxylic acids is 1. The first-order valence-corrected chi connectivity index (χ1v) is 9.95. The van der Waals surface area contributed by atoms with Gasteiger partial charge < -0.3 is 14.6 Å². The molecule has 3 rings (SSSR count). The van der Waals surface area contributed by atoms with Crippen LogP contribution in [0.1, 0.15) is 47.0 Å². The number of benzene rings is 1. The summed E-state index contributed by atoms with van der Waals surface area (Å²) in [5.74, 6) is -0.0455. The van der Waals surface area contributed by atoms with E-state index in [2.05, 4.69) is 18.0 Å². The maximum atomic E-state index is 12.8. The van der Waals surface area contributed by atoms with Crippen molar-refractivity contribution in [2.75, 3.05) is 5.32 Å². The van der Waals surface area contributed by atoms with E-state index in [-0.39, 0.29) is 23.0 Å². The highest BCUT2D eigenvalue weighted by Gasteiger charge is 2.51. The lowest BCUT2D eigenvalue weighted by molar-refractivity contribution is -0.120. The van der Waals surface area contributed by atoms with Gasteiger partial charge in [-0.25, -0.2) is 0 Å². The third kappa shape index (κ3) is 4.65. The van der Waals surface area contributed by atoms with E-state index in [0.29, 0.717) is 6.42 Å². The highest BCUT2D eigenvalue weighted by molar-refractivity contribution is 6.62. The molecule has 1 unspecified atom stereocenters. The molecule has 4 nitrogen and oxygen atoms in total. The van der Waals surface area contributed by atoms with Gasteiger partial charge in [0.05, 0.1) is 11.2 Å². The van der Waals surface area contributed by atoms with E-state index in [1.54, 1.807) is 0 Å². The summed E-state index contributed by atoms with van der Waals surface area (Å²) in [6.45, 7) is 12.2. The molecule has 1 aliphatic heterocycles. The number of anilines is 1. The number of carbonyl (C=O) groups is 1. The molecule has 28 heavy (non-hydrogen) atoms. The van der Waals surface area contributed by atoms with Crippen LogP contribution in [0.3, 0.4) is 0 Å². The number of rotatable bonds is 3. The van der Waals surface area contributed by atoms with Gasteiger partial charge in [0, 0.05) is 11.6 Å². The minimum absolute atomic E-state index is 0.0354. The number of hydrogen-bond acceptors (Lipinski definition) is 3. The van der Waals surface area contributed by atoms with Crippen LogP contribution in [0.15, 0.2) is 60.7 Å². The molecule has 148 valence electrons. The molecule has 1 aromatic rings. The van der Waals surface area contributed by atoms with E-state index in [9.17, 15) is 4.79 Å². The minimum Gasteiger partial charge on any atom is -0.399 e. The van der Waals surface area contributed by atoms with E-state index >= 15 is 0 Å². The van der Waals surface area contributed by atoms with Gasteiger partial charge >= 0.3 is 7.12 Å². The van der Waals surface area contributed by atoms with Gasteiger partial charge in [-0.05, 0) is 64.6 Å². The molecule has 0 radical (unpaired) electrons. The van der Waals surface area contributed by atoms with Gasteiger partial charge in [0.2, 0.25) is 5.91 Å². The smallest absolute Gasteiger partial charge is 0.399 e. The first kappa shape index (κ1) is 20.6. The Morgan fingerprint density at radius 2 is 1.75 bits per heavy atom. The molecule has 1 saturated heterocycles. The highest BCUT2D eigenvalue weighted by atomic mass is 16.7. The zero-order valence-electron chi connectivity index (χ0n) is 17.3. The Balaban J connectivity index is 1.64. The second-order valence-electron chi connectivity index (χ2n) is 8.62. The second-order valence-corrected chi connectivity index (χ2v) is 8.62. The minimum atomic E-state index is -0.397. The van der Waals surface area contributed by atoms with Crippen molar-refractivity contribution in [3.8, 4) is 0 Å². The molecule has 1 N–H and O–H groups in total. The molecule has 0 bridgehead atoms. The number of amides is 1. The van der Waals surface area contributed by atoms with Gasteiger partial charge in [-0.1, -0.05) is 48.6 Å². The van der Waals surface area contributed by atoms with Crippen molar-refractivity contribution in [1.29, 1.82) is 0 Å². The topological polar surface area (TPSA) is 47.6 Å². The quantitative estimate of drug-likeness (QED) is 0.793. The van der Waals surface area contributed by atoms with Crippen LogP contribution >= 0.6 is 0 Å². The third-order valence-electron chi connectivity index (χ3n) is 5.84. The summed E-state index contributed by atoms with van der Waals surface area (Å²) in [4.78, 5) is 12.8. The Labute approximate surface area is 168 Å². The summed E-state index contributed by atoms with van der Waals surface area (Å²) in [6.07, 6.45) is 10.4. The summed E-state index contributed by atoms with van der Waals surface area (Å²) < 4.78 is 12.2. The Morgan fingerprint density at radius 3 is 2.39 bits per heavy atom. The summed E-state index contributed by atoms with van der Waals surface area (Å²) >= 11 is 0. The molecule has 1 aromatic carbocycles. The largest absolute Gasteiger partial charge is 0.494 e. The Hall–Kier alpha value is -2.11. The Kier molecular flexibility index (Phi) is 5.97. The zero-order chi connectivity index (χ0) is 20.4. The van der Waals surface area contributed by atoms with Gasteiger partial charge in [0.1, 0.15) is 0 Å². The van der Waals surface area contributed by atoms with Gasteiger partial charge in [-0.2, -0.15) is 0 Å². The second kappa shape index (κ2) is 8.10. The number of nitrogens with one attached hydrogen (secondary N) is 1. The van der Waals surface area contributed by atoms with Crippen LogP contribution in [0.2, 0.25) is 0 Å². The van der Waals surface area contributed by atoms with Crippen LogP contribution in [-0.2, 0) is 14.1 Å². The highest BCUT2D eigenvalue weighted by Crippen LogP contribution is 2.36.